The molecule has 0 radical (unpaired) electrons. The van der Waals surface area contributed by atoms with Crippen molar-refractivity contribution in [2.45, 2.75) is 62.3 Å². The van der Waals surface area contributed by atoms with Crippen molar-refractivity contribution >= 4 is 10.0 Å². The van der Waals surface area contributed by atoms with Crippen molar-refractivity contribution in [2.24, 2.45) is 7.05 Å². The molecule has 1 aromatic rings. The molecule has 2 aliphatic carbocycles. The summed E-state index contributed by atoms with van der Waals surface area (Å²) in [5, 5.41) is 8.03. The molecule has 0 amide bonds. The van der Waals surface area contributed by atoms with Gasteiger partial charge in [0.2, 0.25) is 10.0 Å². The zero-order chi connectivity index (χ0) is 16.0. The second kappa shape index (κ2) is 5.86. The molecule has 1 N–H and O–H groups in total. The molecule has 2 atom stereocenters. The number of aromatic nitrogens is 2. The van der Waals surface area contributed by atoms with Gasteiger partial charge in [-0.1, -0.05) is 0 Å². The van der Waals surface area contributed by atoms with Crippen molar-refractivity contribution < 1.29 is 8.42 Å². The van der Waals surface area contributed by atoms with Crippen LogP contribution in [0.3, 0.4) is 0 Å². The van der Waals surface area contributed by atoms with Crippen molar-refractivity contribution in [1.29, 1.82) is 0 Å². The molecular weight excluding hydrogens is 312 g/mol. The summed E-state index contributed by atoms with van der Waals surface area (Å²) in [5.74, 6) is 0. The van der Waals surface area contributed by atoms with Gasteiger partial charge in [-0.3, -0.25) is 4.68 Å². The summed E-state index contributed by atoms with van der Waals surface area (Å²) in [5.41, 5.74) is 2.63. The smallest absolute Gasteiger partial charge is 0.217 e. The van der Waals surface area contributed by atoms with Crippen LogP contribution in [0.4, 0.5) is 0 Å². The van der Waals surface area contributed by atoms with Gasteiger partial charge in [0.05, 0.1) is 11.4 Å². The maximum atomic E-state index is 12.5. The lowest BCUT2D eigenvalue weighted by Gasteiger charge is -2.35. The van der Waals surface area contributed by atoms with Gasteiger partial charge in [0, 0.05) is 43.5 Å². The first-order valence-electron chi connectivity index (χ1n) is 8.81. The Morgan fingerprint density at radius 3 is 2.83 bits per heavy atom. The summed E-state index contributed by atoms with van der Waals surface area (Å²) >= 11 is 0. The zero-order valence-electron chi connectivity index (χ0n) is 13.7. The number of sulfonamides is 1. The zero-order valence-corrected chi connectivity index (χ0v) is 14.6. The largest absolute Gasteiger partial charge is 0.306 e. The molecule has 1 aliphatic heterocycles. The van der Waals surface area contributed by atoms with Gasteiger partial charge >= 0.3 is 0 Å². The fourth-order valence-electron chi connectivity index (χ4n) is 4.05. The molecule has 1 aromatic heterocycles. The lowest BCUT2D eigenvalue weighted by Crippen LogP contribution is -2.49. The minimum absolute atomic E-state index is 0.0964. The van der Waals surface area contributed by atoms with Gasteiger partial charge < -0.3 is 5.32 Å². The molecule has 1 saturated carbocycles. The summed E-state index contributed by atoms with van der Waals surface area (Å²) in [4.78, 5) is 0. The molecule has 23 heavy (non-hydrogen) atoms. The van der Waals surface area contributed by atoms with Gasteiger partial charge in [-0.05, 0) is 44.9 Å². The van der Waals surface area contributed by atoms with Crippen LogP contribution in [0.5, 0.6) is 0 Å². The molecule has 6 nitrogen and oxygen atoms in total. The number of nitrogens with one attached hydrogen (secondary N) is 1. The van der Waals surface area contributed by atoms with Gasteiger partial charge in [0.15, 0.2) is 0 Å². The average Bonchev–Trinajstić information content (AvgIpc) is 3.34. The third-order valence-electron chi connectivity index (χ3n) is 5.50. The van der Waals surface area contributed by atoms with Crippen molar-refractivity contribution in [3.05, 3.63) is 17.5 Å². The van der Waals surface area contributed by atoms with Crippen molar-refractivity contribution in [1.82, 2.24) is 19.4 Å². The van der Waals surface area contributed by atoms with E-state index in [2.05, 4.69) is 10.4 Å². The van der Waals surface area contributed by atoms with Crippen molar-refractivity contribution in [2.75, 3.05) is 13.1 Å². The highest BCUT2D eigenvalue weighted by molar-refractivity contribution is 7.90. The Hall–Kier alpha value is -0.920. The first-order chi connectivity index (χ1) is 11.1. The molecule has 3 aliphatic rings. The lowest BCUT2D eigenvalue weighted by atomic mass is 9.91. The molecule has 1 unspecified atom stereocenters. The number of fused-ring (bicyclic) bond motifs is 1. The molecule has 2 heterocycles. The molecule has 4 rings (SSSR count). The van der Waals surface area contributed by atoms with Crippen LogP contribution in [0.25, 0.3) is 0 Å². The predicted octanol–water partition coefficient (Wildman–Crippen LogP) is 1.34. The summed E-state index contributed by atoms with van der Waals surface area (Å²) in [6, 6.07) is 0.578. The summed E-state index contributed by atoms with van der Waals surface area (Å²) in [6.07, 6.45) is 9.06. The number of hydrogen-bond donors (Lipinski definition) is 1. The van der Waals surface area contributed by atoms with E-state index in [0.717, 1.165) is 38.5 Å². The molecule has 0 bridgehead atoms. The second-order valence-electron chi connectivity index (χ2n) is 7.22. The van der Waals surface area contributed by atoms with Gasteiger partial charge in [0.25, 0.3) is 0 Å². The Morgan fingerprint density at radius 2 is 2.04 bits per heavy atom. The van der Waals surface area contributed by atoms with Crippen LogP contribution in [0.2, 0.25) is 0 Å². The first kappa shape index (κ1) is 15.6. The average molecular weight is 338 g/mol. The van der Waals surface area contributed by atoms with E-state index in [1.807, 2.05) is 17.9 Å². The Morgan fingerprint density at radius 1 is 1.22 bits per heavy atom. The van der Waals surface area contributed by atoms with Gasteiger partial charge in [-0.25, -0.2) is 12.7 Å². The minimum atomic E-state index is -3.04. The number of piperidine rings is 1. The van der Waals surface area contributed by atoms with E-state index in [-0.39, 0.29) is 11.3 Å². The van der Waals surface area contributed by atoms with Crippen LogP contribution < -0.4 is 5.32 Å². The molecule has 1 saturated heterocycles. The molecular formula is C16H26N4O2S. The van der Waals surface area contributed by atoms with Gasteiger partial charge in [0.1, 0.15) is 0 Å². The summed E-state index contributed by atoms with van der Waals surface area (Å²) in [7, 11) is -1.04. The van der Waals surface area contributed by atoms with Gasteiger partial charge in [-0.15, -0.1) is 0 Å². The van der Waals surface area contributed by atoms with Crippen LogP contribution in [-0.4, -0.2) is 46.9 Å². The highest BCUT2D eigenvalue weighted by Gasteiger charge is 2.41. The molecule has 0 spiro atoms. The van der Waals surface area contributed by atoms with Crippen molar-refractivity contribution in [3.63, 3.8) is 0 Å². The van der Waals surface area contributed by atoms with E-state index >= 15 is 0 Å². The Balaban J connectivity index is 1.45. The summed E-state index contributed by atoms with van der Waals surface area (Å²) < 4.78 is 28.7. The predicted molar refractivity (Wildman–Crippen MR) is 88.6 cm³/mol. The van der Waals surface area contributed by atoms with E-state index in [1.54, 1.807) is 4.31 Å². The van der Waals surface area contributed by atoms with Gasteiger partial charge in [-0.2, -0.15) is 5.10 Å². The Labute approximate surface area is 138 Å². The summed E-state index contributed by atoms with van der Waals surface area (Å²) in [6.45, 7) is 1.32. The maximum absolute atomic E-state index is 12.5. The first-order valence-corrected chi connectivity index (χ1v) is 10.3. The number of aryl methyl sites for hydroxylation is 1. The monoisotopic (exact) mass is 338 g/mol. The van der Waals surface area contributed by atoms with E-state index < -0.39 is 10.0 Å². The van der Waals surface area contributed by atoms with Crippen LogP contribution in [-0.2, 0) is 23.5 Å². The topological polar surface area (TPSA) is 67.2 Å². The SMILES string of the molecule is Cn1ncc2c1CCCC2N[C@@H]1CCCN(S(=O)(=O)C2CC2)C1. The number of nitrogens with zero attached hydrogens (tertiary/aromatic N) is 3. The Bertz CT molecular complexity index is 680. The normalized spacial score (nSPS) is 29.4. The Kier molecular flexibility index (Phi) is 3.98. The number of hydrogen-bond acceptors (Lipinski definition) is 4. The minimum Gasteiger partial charge on any atom is -0.306 e. The quantitative estimate of drug-likeness (QED) is 0.900. The van der Waals surface area contributed by atoms with Crippen LogP contribution in [0, 0.1) is 0 Å². The molecule has 128 valence electrons. The van der Waals surface area contributed by atoms with Crippen LogP contribution in [0.15, 0.2) is 6.20 Å². The van der Waals surface area contributed by atoms with E-state index in [4.69, 9.17) is 0 Å². The molecule has 2 fully saturated rings. The molecule has 7 heteroatoms. The highest BCUT2D eigenvalue weighted by Crippen LogP contribution is 2.34. The third kappa shape index (κ3) is 2.94. The van der Waals surface area contributed by atoms with E-state index in [1.165, 1.54) is 17.7 Å². The van der Waals surface area contributed by atoms with Crippen molar-refractivity contribution in [3.8, 4) is 0 Å². The third-order valence-corrected chi connectivity index (χ3v) is 7.87. The molecule has 0 aromatic carbocycles. The van der Waals surface area contributed by atoms with E-state index in [0.29, 0.717) is 19.1 Å². The highest BCUT2D eigenvalue weighted by atomic mass is 32.2. The number of rotatable bonds is 4. The maximum Gasteiger partial charge on any atom is 0.217 e. The van der Waals surface area contributed by atoms with E-state index in [9.17, 15) is 8.42 Å². The second-order valence-corrected chi connectivity index (χ2v) is 9.44. The van der Waals surface area contributed by atoms with Crippen LogP contribution >= 0.6 is 0 Å². The lowest BCUT2D eigenvalue weighted by molar-refractivity contribution is 0.259. The fourth-order valence-corrected chi connectivity index (χ4v) is 5.97. The fraction of sp³-hybridized carbons (Fsp3) is 0.812. The standard InChI is InChI=1S/C16H26N4O2S/c1-19-16-6-2-5-15(14(16)10-17-19)18-12-4-3-9-20(11-12)23(21,22)13-7-8-13/h10,12-13,15,18H,2-9,11H2,1H3/t12-,15?/m1/s1. The van der Waals surface area contributed by atoms with Crippen LogP contribution in [0.1, 0.15) is 55.8 Å².